The summed E-state index contributed by atoms with van der Waals surface area (Å²) in [4.78, 5) is 35.4. The Labute approximate surface area is 178 Å². The first-order valence-corrected chi connectivity index (χ1v) is 9.90. The molecule has 160 valence electrons. The SMILES string of the molecule is CN1CCN(C(=O)c2ccc(N/C=C(\N)c3cc4cc(F)cnc4[nH]c3=O)cc2)CC1. The summed E-state index contributed by atoms with van der Waals surface area (Å²) in [6.07, 6.45) is 2.53. The maximum atomic E-state index is 13.4. The van der Waals surface area contributed by atoms with Gasteiger partial charge in [0, 0.05) is 49.0 Å². The standard InChI is InChI=1S/C22H23FN6O2/c1-28-6-8-29(9-7-28)22(31)14-2-4-17(5-3-14)25-13-19(24)18-11-15-10-16(23)12-26-20(15)27-21(18)30/h2-5,10-13,25H,6-9,24H2,1H3,(H,26,27,30)/b19-13-. The van der Waals surface area contributed by atoms with Crippen molar-refractivity contribution in [2.24, 2.45) is 5.73 Å². The molecule has 0 spiro atoms. The fourth-order valence-electron chi connectivity index (χ4n) is 3.42. The fourth-order valence-corrected chi connectivity index (χ4v) is 3.42. The minimum atomic E-state index is -0.502. The van der Waals surface area contributed by atoms with E-state index >= 15 is 0 Å². The molecule has 0 unspecified atom stereocenters. The second-order valence-corrected chi connectivity index (χ2v) is 7.52. The molecular weight excluding hydrogens is 399 g/mol. The summed E-state index contributed by atoms with van der Waals surface area (Å²) in [5.41, 5.74) is 7.64. The summed E-state index contributed by atoms with van der Waals surface area (Å²) in [7, 11) is 2.04. The van der Waals surface area contributed by atoms with Crippen LogP contribution in [0, 0.1) is 5.82 Å². The van der Waals surface area contributed by atoms with E-state index in [2.05, 4.69) is 20.2 Å². The van der Waals surface area contributed by atoms with Crippen molar-refractivity contribution >= 4 is 28.3 Å². The van der Waals surface area contributed by atoms with E-state index < -0.39 is 11.4 Å². The van der Waals surface area contributed by atoms with Crippen molar-refractivity contribution in [3.05, 3.63) is 76.1 Å². The summed E-state index contributed by atoms with van der Waals surface area (Å²) in [5.74, 6) is -0.490. The largest absolute Gasteiger partial charge is 0.397 e. The predicted molar refractivity (Wildman–Crippen MR) is 118 cm³/mol. The number of carbonyl (C=O) groups is 1. The van der Waals surface area contributed by atoms with Crippen molar-refractivity contribution in [3.8, 4) is 0 Å². The van der Waals surface area contributed by atoms with Gasteiger partial charge in [-0.15, -0.1) is 0 Å². The zero-order chi connectivity index (χ0) is 22.0. The van der Waals surface area contributed by atoms with Crippen LogP contribution in [-0.2, 0) is 0 Å². The molecule has 0 bridgehead atoms. The van der Waals surface area contributed by atoms with Crippen molar-refractivity contribution < 1.29 is 9.18 Å². The predicted octanol–water partition coefficient (Wildman–Crippen LogP) is 1.82. The lowest BCUT2D eigenvalue weighted by atomic mass is 10.1. The molecule has 1 amide bonds. The van der Waals surface area contributed by atoms with Crippen LogP contribution in [0.5, 0.6) is 0 Å². The first kappa shape index (κ1) is 20.5. The Morgan fingerprint density at radius 2 is 1.90 bits per heavy atom. The minimum absolute atomic E-state index is 0.0123. The summed E-state index contributed by atoms with van der Waals surface area (Å²) in [5, 5.41) is 3.46. The molecule has 31 heavy (non-hydrogen) atoms. The quantitative estimate of drug-likeness (QED) is 0.592. The number of halogens is 1. The highest BCUT2D eigenvalue weighted by Crippen LogP contribution is 2.16. The summed E-state index contributed by atoms with van der Waals surface area (Å²) < 4.78 is 13.4. The van der Waals surface area contributed by atoms with Crippen molar-refractivity contribution in [1.82, 2.24) is 19.8 Å². The van der Waals surface area contributed by atoms with Gasteiger partial charge in [0.1, 0.15) is 11.5 Å². The third-order valence-corrected chi connectivity index (χ3v) is 5.29. The number of aromatic amines is 1. The molecule has 8 nitrogen and oxygen atoms in total. The number of piperazine rings is 1. The Balaban J connectivity index is 1.47. The van der Waals surface area contributed by atoms with Gasteiger partial charge in [0.25, 0.3) is 11.5 Å². The molecule has 0 aliphatic carbocycles. The third kappa shape index (κ3) is 4.56. The van der Waals surface area contributed by atoms with E-state index in [0.29, 0.717) is 29.7 Å². The van der Waals surface area contributed by atoms with Gasteiger partial charge in [0.2, 0.25) is 0 Å². The van der Waals surface area contributed by atoms with Crippen LogP contribution in [0.25, 0.3) is 16.7 Å². The highest BCUT2D eigenvalue weighted by molar-refractivity contribution is 5.94. The highest BCUT2D eigenvalue weighted by Gasteiger charge is 2.20. The number of nitrogens with two attached hydrogens (primary N) is 1. The number of carbonyl (C=O) groups excluding carboxylic acids is 1. The number of nitrogens with one attached hydrogen (secondary N) is 2. The Hall–Kier alpha value is -3.72. The number of H-pyrrole nitrogens is 1. The number of hydrogen-bond acceptors (Lipinski definition) is 6. The normalized spacial score (nSPS) is 15.3. The van der Waals surface area contributed by atoms with E-state index in [0.717, 1.165) is 19.3 Å². The van der Waals surface area contributed by atoms with E-state index in [4.69, 9.17) is 5.73 Å². The number of hydrogen-bond donors (Lipinski definition) is 3. The Kier molecular flexibility index (Phi) is 5.68. The number of fused-ring (bicyclic) bond motifs is 1. The maximum Gasteiger partial charge on any atom is 0.259 e. The summed E-state index contributed by atoms with van der Waals surface area (Å²) in [6.45, 7) is 3.17. The van der Waals surface area contributed by atoms with Crippen LogP contribution in [0.1, 0.15) is 15.9 Å². The van der Waals surface area contributed by atoms with Gasteiger partial charge in [-0.05, 0) is 43.4 Å². The molecule has 4 N–H and O–H groups in total. The van der Waals surface area contributed by atoms with Gasteiger partial charge in [-0.25, -0.2) is 9.37 Å². The molecule has 2 aromatic heterocycles. The molecule has 0 saturated carbocycles. The highest BCUT2D eigenvalue weighted by atomic mass is 19.1. The van der Waals surface area contributed by atoms with Gasteiger partial charge in [-0.1, -0.05) is 0 Å². The molecule has 4 rings (SSSR count). The van der Waals surface area contributed by atoms with E-state index in [1.807, 2.05) is 11.9 Å². The van der Waals surface area contributed by atoms with Gasteiger partial charge in [-0.3, -0.25) is 9.59 Å². The first-order valence-electron chi connectivity index (χ1n) is 9.90. The number of anilines is 1. The van der Waals surface area contributed by atoms with Crippen LogP contribution >= 0.6 is 0 Å². The Morgan fingerprint density at radius 3 is 2.61 bits per heavy atom. The van der Waals surface area contributed by atoms with Gasteiger partial charge >= 0.3 is 0 Å². The number of nitrogens with zero attached hydrogens (tertiary/aromatic N) is 3. The van der Waals surface area contributed by atoms with Crippen LogP contribution in [0.4, 0.5) is 10.1 Å². The van der Waals surface area contributed by atoms with Gasteiger partial charge in [0.05, 0.1) is 17.5 Å². The molecule has 1 saturated heterocycles. The molecule has 1 fully saturated rings. The molecular formula is C22H23FN6O2. The number of likely N-dealkylation sites (N-methyl/N-ethyl adjacent to an activating group) is 1. The molecule has 1 aliphatic rings. The maximum absolute atomic E-state index is 13.4. The zero-order valence-corrected chi connectivity index (χ0v) is 17.1. The lowest BCUT2D eigenvalue weighted by Crippen LogP contribution is -2.47. The van der Waals surface area contributed by atoms with E-state index in [9.17, 15) is 14.0 Å². The number of rotatable bonds is 4. The minimum Gasteiger partial charge on any atom is -0.397 e. The van der Waals surface area contributed by atoms with Crippen molar-refractivity contribution in [2.45, 2.75) is 0 Å². The monoisotopic (exact) mass is 422 g/mol. The lowest BCUT2D eigenvalue weighted by molar-refractivity contribution is 0.0664. The zero-order valence-electron chi connectivity index (χ0n) is 17.1. The topological polar surface area (TPSA) is 107 Å². The lowest BCUT2D eigenvalue weighted by Gasteiger charge is -2.32. The van der Waals surface area contributed by atoms with Crippen LogP contribution in [0.2, 0.25) is 0 Å². The van der Waals surface area contributed by atoms with Crippen LogP contribution in [-0.4, -0.2) is 58.9 Å². The number of amides is 1. The molecule has 9 heteroatoms. The fraction of sp³-hybridized carbons (Fsp3) is 0.227. The molecule has 0 radical (unpaired) electrons. The Bertz CT molecular complexity index is 1200. The smallest absolute Gasteiger partial charge is 0.259 e. The number of pyridine rings is 2. The Morgan fingerprint density at radius 1 is 1.19 bits per heavy atom. The third-order valence-electron chi connectivity index (χ3n) is 5.29. The van der Waals surface area contributed by atoms with Crippen molar-refractivity contribution in [3.63, 3.8) is 0 Å². The van der Waals surface area contributed by atoms with E-state index in [1.165, 1.54) is 18.3 Å². The van der Waals surface area contributed by atoms with Gasteiger partial charge < -0.3 is 25.8 Å². The molecule has 0 atom stereocenters. The number of aromatic nitrogens is 2. The second-order valence-electron chi connectivity index (χ2n) is 7.52. The van der Waals surface area contributed by atoms with Crippen LogP contribution < -0.4 is 16.6 Å². The van der Waals surface area contributed by atoms with Crippen LogP contribution in [0.15, 0.2) is 53.6 Å². The summed E-state index contributed by atoms with van der Waals surface area (Å²) in [6, 6.07) is 9.83. The number of benzene rings is 1. The molecule has 1 aliphatic heterocycles. The van der Waals surface area contributed by atoms with E-state index in [1.54, 1.807) is 24.3 Å². The summed E-state index contributed by atoms with van der Waals surface area (Å²) >= 11 is 0. The molecule has 3 aromatic rings. The van der Waals surface area contributed by atoms with Crippen molar-refractivity contribution in [1.29, 1.82) is 0 Å². The van der Waals surface area contributed by atoms with E-state index in [-0.39, 0.29) is 22.8 Å². The van der Waals surface area contributed by atoms with Crippen molar-refractivity contribution in [2.75, 3.05) is 38.5 Å². The second kappa shape index (κ2) is 8.57. The molecule has 3 heterocycles. The van der Waals surface area contributed by atoms with Gasteiger partial charge in [-0.2, -0.15) is 0 Å². The van der Waals surface area contributed by atoms with Gasteiger partial charge in [0.15, 0.2) is 0 Å². The molecule has 1 aromatic carbocycles. The first-order chi connectivity index (χ1) is 14.9. The average molecular weight is 422 g/mol. The average Bonchev–Trinajstić information content (AvgIpc) is 2.77. The van der Waals surface area contributed by atoms with Crippen LogP contribution in [0.3, 0.4) is 0 Å².